The van der Waals surface area contributed by atoms with Crippen molar-refractivity contribution in [1.29, 1.82) is 0 Å². The van der Waals surface area contributed by atoms with Crippen LogP contribution in [0.4, 0.5) is 0 Å². The summed E-state index contributed by atoms with van der Waals surface area (Å²) in [4.78, 5) is 11.7. The van der Waals surface area contributed by atoms with Crippen LogP contribution >= 0.6 is 0 Å². The van der Waals surface area contributed by atoms with Crippen molar-refractivity contribution >= 4 is 16.7 Å². The number of benzene rings is 2. The van der Waals surface area contributed by atoms with E-state index in [1.54, 1.807) is 6.92 Å². The van der Waals surface area contributed by atoms with Crippen LogP contribution in [0.3, 0.4) is 0 Å². The number of carboxylic acid groups (broad SMARTS) is 1. The lowest BCUT2D eigenvalue weighted by atomic mass is 9.87. The predicted molar refractivity (Wildman–Crippen MR) is 77.2 cm³/mol. The van der Waals surface area contributed by atoms with E-state index in [2.05, 4.69) is 5.32 Å². The van der Waals surface area contributed by atoms with Gasteiger partial charge in [0.05, 0.1) is 0 Å². The summed E-state index contributed by atoms with van der Waals surface area (Å²) in [5.41, 5.74) is -0.247. The molecule has 0 fully saturated rings. The van der Waals surface area contributed by atoms with Gasteiger partial charge in [0.25, 0.3) is 0 Å². The van der Waals surface area contributed by atoms with Crippen molar-refractivity contribution in [2.75, 3.05) is 6.54 Å². The summed E-state index contributed by atoms with van der Waals surface area (Å²) in [5, 5.41) is 14.8. The lowest BCUT2D eigenvalue weighted by Crippen LogP contribution is -2.47. The summed E-state index contributed by atoms with van der Waals surface area (Å²) in [6.07, 6.45) is 0.896. The molecule has 19 heavy (non-hydrogen) atoms. The van der Waals surface area contributed by atoms with Gasteiger partial charge in [-0.25, -0.2) is 4.79 Å². The van der Waals surface area contributed by atoms with E-state index < -0.39 is 11.5 Å². The Bertz CT molecular complexity index is 589. The van der Waals surface area contributed by atoms with E-state index in [-0.39, 0.29) is 0 Å². The monoisotopic (exact) mass is 257 g/mol. The molecule has 0 amide bonds. The molecule has 3 heteroatoms. The van der Waals surface area contributed by atoms with E-state index >= 15 is 0 Å². The van der Waals surface area contributed by atoms with E-state index in [1.807, 2.05) is 49.4 Å². The van der Waals surface area contributed by atoms with E-state index in [0.717, 1.165) is 22.8 Å². The first-order chi connectivity index (χ1) is 9.09. The molecule has 2 N–H and O–H groups in total. The number of rotatable bonds is 5. The molecule has 0 aromatic heterocycles. The van der Waals surface area contributed by atoms with Crippen molar-refractivity contribution in [3.63, 3.8) is 0 Å². The highest BCUT2D eigenvalue weighted by atomic mass is 16.4. The molecule has 0 aliphatic rings. The molecule has 1 atom stereocenters. The Morgan fingerprint density at radius 1 is 1.21 bits per heavy atom. The maximum atomic E-state index is 11.7. The van der Waals surface area contributed by atoms with E-state index in [9.17, 15) is 9.90 Å². The van der Waals surface area contributed by atoms with E-state index in [0.29, 0.717) is 6.54 Å². The minimum absolute atomic E-state index is 0.673. The van der Waals surface area contributed by atoms with Crippen LogP contribution in [-0.2, 0) is 10.3 Å². The first kappa shape index (κ1) is 13.6. The van der Waals surface area contributed by atoms with Crippen LogP contribution in [0.2, 0.25) is 0 Å². The molecule has 0 bridgehead atoms. The van der Waals surface area contributed by atoms with Crippen LogP contribution < -0.4 is 5.32 Å². The summed E-state index contributed by atoms with van der Waals surface area (Å²) >= 11 is 0. The minimum atomic E-state index is -1.06. The quantitative estimate of drug-likeness (QED) is 0.865. The summed E-state index contributed by atoms with van der Waals surface area (Å²) in [6.45, 7) is 4.43. The number of nitrogens with one attached hydrogen (secondary N) is 1. The Kier molecular flexibility index (Phi) is 3.86. The first-order valence-electron chi connectivity index (χ1n) is 6.56. The van der Waals surface area contributed by atoms with Gasteiger partial charge in [-0.3, -0.25) is 5.32 Å². The number of hydrogen-bond acceptors (Lipinski definition) is 2. The Balaban J connectivity index is 2.59. The van der Waals surface area contributed by atoms with Crippen LogP contribution in [0.5, 0.6) is 0 Å². The summed E-state index contributed by atoms with van der Waals surface area (Å²) in [5.74, 6) is -0.850. The summed E-state index contributed by atoms with van der Waals surface area (Å²) in [7, 11) is 0. The number of carboxylic acids is 1. The second kappa shape index (κ2) is 5.41. The fraction of sp³-hybridized carbons (Fsp3) is 0.312. The normalized spacial score (nSPS) is 14.2. The van der Waals surface area contributed by atoms with Gasteiger partial charge in [0.15, 0.2) is 0 Å². The number of hydrogen-bond donors (Lipinski definition) is 2. The lowest BCUT2D eigenvalue weighted by molar-refractivity contribution is -0.144. The molecule has 2 aromatic carbocycles. The van der Waals surface area contributed by atoms with Crippen molar-refractivity contribution in [3.8, 4) is 0 Å². The maximum absolute atomic E-state index is 11.7. The van der Waals surface area contributed by atoms with Crippen molar-refractivity contribution in [2.45, 2.75) is 25.8 Å². The molecule has 2 aromatic rings. The fourth-order valence-corrected chi connectivity index (χ4v) is 2.32. The van der Waals surface area contributed by atoms with Gasteiger partial charge in [-0.05, 0) is 36.2 Å². The highest BCUT2D eigenvalue weighted by Crippen LogP contribution is 2.29. The summed E-state index contributed by atoms with van der Waals surface area (Å²) in [6, 6.07) is 13.7. The van der Waals surface area contributed by atoms with Crippen LogP contribution in [0.1, 0.15) is 25.8 Å². The van der Waals surface area contributed by atoms with Crippen molar-refractivity contribution in [2.24, 2.45) is 0 Å². The molecule has 0 radical (unpaired) electrons. The molecule has 0 heterocycles. The zero-order valence-electron chi connectivity index (χ0n) is 11.3. The predicted octanol–water partition coefficient (Wildman–Crippen LogP) is 3.14. The first-order valence-corrected chi connectivity index (χ1v) is 6.56. The van der Waals surface area contributed by atoms with Crippen molar-refractivity contribution in [3.05, 3.63) is 48.0 Å². The van der Waals surface area contributed by atoms with Crippen LogP contribution in [0, 0.1) is 0 Å². The molecule has 1 unspecified atom stereocenters. The molecule has 0 aliphatic carbocycles. The molecule has 0 saturated carbocycles. The Morgan fingerprint density at radius 3 is 2.58 bits per heavy atom. The van der Waals surface area contributed by atoms with Gasteiger partial charge in [0, 0.05) is 0 Å². The van der Waals surface area contributed by atoms with Gasteiger partial charge in [-0.1, -0.05) is 49.4 Å². The zero-order valence-corrected chi connectivity index (χ0v) is 11.3. The second-order valence-corrected chi connectivity index (χ2v) is 4.88. The number of aliphatic carboxylic acids is 1. The smallest absolute Gasteiger partial charge is 0.328 e. The van der Waals surface area contributed by atoms with Gasteiger partial charge in [0.2, 0.25) is 0 Å². The lowest BCUT2D eigenvalue weighted by Gasteiger charge is -2.28. The van der Waals surface area contributed by atoms with Gasteiger partial charge < -0.3 is 5.11 Å². The van der Waals surface area contributed by atoms with Crippen molar-refractivity contribution in [1.82, 2.24) is 5.32 Å². The highest BCUT2D eigenvalue weighted by Gasteiger charge is 2.35. The molecule has 3 nitrogen and oxygen atoms in total. The number of fused-ring (bicyclic) bond motifs is 1. The Morgan fingerprint density at radius 2 is 1.89 bits per heavy atom. The zero-order chi connectivity index (χ0) is 13.9. The third kappa shape index (κ3) is 2.47. The fourth-order valence-electron chi connectivity index (χ4n) is 2.32. The standard InChI is InChI=1S/C16H19NO2/c1-3-11-17-16(2,15(18)19)14-10-6-8-12-7-4-5-9-13(12)14/h4-10,17H,3,11H2,1-2H3,(H,18,19). The average molecular weight is 257 g/mol. The van der Waals surface area contributed by atoms with Gasteiger partial charge in [-0.2, -0.15) is 0 Å². The number of carbonyl (C=O) groups is 1. The highest BCUT2D eigenvalue weighted by molar-refractivity contribution is 5.92. The second-order valence-electron chi connectivity index (χ2n) is 4.88. The molecular formula is C16H19NO2. The Labute approximate surface area is 113 Å². The largest absolute Gasteiger partial charge is 0.480 e. The van der Waals surface area contributed by atoms with Crippen LogP contribution in [-0.4, -0.2) is 17.6 Å². The van der Waals surface area contributed by atoms with Gasteiger partial charge >= 0.3 is 5.97 Å². The topological polar surface area (TPSA) is 49.3 Å². The Hall–Kier alpha value is -1.87. The van der Waals surface area contributed by atoms with Gasteiger partial charge in [0.1, 0.15) is 5.54 Å². The molecule has 0 spiro atoms. The molecule has 0 aliphatic heterocycles. The van der Waals surface area contributed by atoms with Crippen LogP contribution in [0.15, 0.2) is 42.5 Å². The summed E-state index contributed by atoms with van der Waals surface area (Å²) < 4.78 is 0. The average Bonchev–Trinajstić information content (AvgIpc) is 2.44. The van der Waals surface area contributed by atoms with E-state index in [1.165, 1.54) is 0 Å². The van der Waals surface area contributed by atoms with Gasteiger partial charge in [-0.15, -0.1) is 0 Å². The molecule has 100 valence electrons. The SMILES string of the molecule is CCCNC(C)(C(=O)O)c1cccc2ccccc12. The molecular weight excluding hydrogens is 238 g/mol. The van der Waals surface area contributed by atoms with Crippen molar-refractivity contribution < 1.29 is 9.90 Å². The minimum Gasteiger partial charge on any atom is -0.480 e. The molecule has 0 saturated heterocycles. The molecule has 2 rings (SSSR count). The third-order valence-corrected chi connectivity index (χ3v) is 3.48. The third-order valence-electron chi connectivity index (χ3n) is 3.48. The maximum Gasteiger partial charge on any atom is 0.328 e. The van der Waals surface area contributed by atoms with Crippen LogP contribution in [0.25, 0.3) is 10.8 Å². The van der Waals surface area contributed by atoms with E-state index in [4.69, 9.17) is 0 Å².